The number of carboxylic acids is 1. The van der Waals surface area contributed by atoms with Crippen LogP contribution in [0.5, 0.6) is 0 Å². The van der Waals surface area contributed by atoms with E-state index in [1.807, 2.05) is 0 Å². The highest BCUT2D eigenvalue weighted by atomic mass is 16.4. The lowest BCUT2D eigenvalue weighted by atomic mass is 10.1. The molecule has 1 aliphatic rings. The highest BCUT2D eigenvalue weighted by Gasteiger charge is 2.22. The monoisotopic (exact) mass is 277 g/mol. The van der Waals surface area contributed by atoms with Gasteiger partial charge >= 0.3 is 5.97 Å². The maximum absolute atomic E-state index is 11.3. The summed E-state index contributed by atoms with van der Waals surface area (Å²) in [5.41, 5.74) is 1.21. The third kappa shape index (κ3) is 3.28. The molecule has 1 aliphatic heterocycles. The number of likely N-dealkylation sites (N-methyl/N-ethyl adjacent to an activating group) is 1. The Morgan fingerprint density at radius 2 is 2.20 bits per heavy atom. The molecule has 1 atom stereocenters. The Hall–Kier alpha value is -1.62. The Bertz CT molecular complexity index is 490. The van der Waals surface area contributed by atoms with E-state index < -0.39 is 5.97 Å². The Morgan fingerprint density at radius 1 is 1.45 bits per heavy atom. The van der Waals surface area contributed by atoms with E-state index in [9.17, 15) is 9.90 Å². The standard InChI is InChI=1S/C15H23N3O2/c1-4-5-13-8-12(15(19)20)9-14(16-13)18-7-6-17(3)11(2)10-18/h8-9,11H,4-7,10H2,1-3H3,(H,19,20). The second kappa shape index (κ2) is 6.22. The molecule has 0 aromatic carbocycles. The molecular formula is C15H23N3O2. The van der Waals surface area contributed by atoms with Crippen LogP contribution in [0.25, 0.3) is 0 Å². The number of aryl methyl sites for hydroxylation is 1. The van der Waals surface area contributed by atoms with Crippen LogP contribution in [0.1, 0.15) is 36.3 Å². The SMILES string of the molecule is CCCc1cc(C(=O)O)cc(N2CCN(C)C(C)C2)n1. The van der Waals surface area contributed by atoms with E-state index in [2.05, 4.69) is 35.7 Å². The molecule has 0 saturated carbocycles. The van der Waals surface area contributed by atoms with Crippen LogP contribution in [-0.4, -0.2) is 53.7 Å². The zero-order chi connectivity index (χ0) is 14.7. The summed E-state index contributed by atoms with van der Waals surface area (Å²) in [6, 6.07) is 3.84. The number of piperazine rings is 1. The smallest absolute Gasteiger partial charge is 0.335 e. The molecule has 2 rings (SSSR count). The van der Waals surface area contributed by atoms with Gasteiger partial charge in [-0.2, -0.15) is 0 Å². The first-order valence-corrected chi connectivity index (χ1v) is 7.20. The lowest BCUT2D eigenvalue weighted by Crippen LogP contribution is -2.50. The number of aromatic carboxylic acids is 1. The number of carbonyl (C=O) groups is 1. The van der Waals surface area contributed by atoms with Crippen LogP contribution >= 0.6 is 0 Å². The minimum atomic E-state index is -0.881. The minimum absolute atomic E-state index is 0.338. The fourth-order valence-corrected chi connectivity index (χ4v) is 2.50. The molecule has 1 aromatic heterocycles. The molecular weight excluding hydrogens is 254 g/mol. The van der Waals surface area contributed by atoms with Crippen LogP contribution in [-0.2, 0) is 6.42 Å². The van der Waals surface area contributed by atoms with Gasteiger partial charge in [-0.3, -0.25) is 0 Å². The first kappa shape index (κ1) is 14.8. The molecule has 0 bridgehead atoms. The summed E-state index contributed by atoms with van der Waals surface area (Å²) in [4.78, 5) is 20.4. The number of nitrogens with zero attached hydrogens (tertiary/aromatic N) is 3. The zero-order valence-electron chi connectivity index (χ0n) is 12.5. The van der Waals surface area contributed by atoms with Crippen molar-refractivity contribution in [3.8, 4) is 0 Å². The molecule has 20 heavy (non-hydrogen) atoms. The lowest BCUT2D eigenvalue weighted by molar-refractivity contribution is 0.0696. The molecule has 0 amide bonds. The van der Waals surface area contributed by atoms with Crippen LogP contribution in [0.15, 0.2) is 12.1 Å². The summed E-state index contributed by atoms with van der Waals surface area (Å²) in [6.07, 6.45) is 1.78. The molecule has 5 nitrogen and oxygen atoms in total. The summed E-state index contributed by atoms with van der Waals surface area (Å²) in [7, 11) is 2.12. The van der Waals surface area contributed by atoms with Crippen molar-refractivity contribution in [3.05, 3.63) is 23.4 Å². The molecule has 1 unspecified atom stereocenters. The highest BCUT2D eigenvalue weighted by Crippen LogP contribution is 2.19. The number of rotatable bonds is 4. The van der Waals surface area contributed by atoms with E-state index in [-0.39, 0.29) is 0 Å². The van der Waals surface area contributed by atoms with Crippen LogP contribution in [0.3, 0.4) is 0 Å². The molecule has 1 N–H and O–H groups in total. The van der Waals surface area contributed by atoms with Crippen LogP contribution in [0.2, 0.25) is 0 Å². The number of pyridine rings is 1. The summed E-state index contributed by atoms with van der Waals surface area (Å²) in [6.45, 7) is 7.01. The van der Waals surface area contributed by atoms with Crippen molar-refractivity contribution in [2.75, 3.05) is 31.6 Å². The van der Waals surface area contributed by atoms with E-state index in [4.69, 9.17) is 0 Å². The number of anilines is 1. The molecule has 1 aromatic rings. The molecule has 2 heterocycles. The van der Waals surface area contributed by atoms with Gasteiger partial charge in [0.15, 0.2) is 0 Å². The lowest BCUT2D eigenvalue weighted by Gasteiger charge is -2.38. The van der Waals surface area contributed by atoms with E-state index >= 15 is 0 Å². The molecule has 1 fully saturated rings. The summed E-state index contributed by atoms with van der Waals surface area (Å²) >= 11 is 0. The first-order chi connectivity index (χ1) is 9.51. The van der Waals surface area contributed by atoms with Gasteiger partial charge in [-0.1, -0.05) is 13.3 Å². The van der Waals surface area contributed by atoms with Gasteiger partial charge in [0, 0.05) is 31.4 Å². The predicted octanol–water partition coefficient (Wildman–Crippen LogP) is 1.87. The highest BCUT2D eigenvalue weighted by molar-refractivity contribution is 5.88. The topological polar surface area (TPSA) is 56.7 Å². The van der Waals surface area contributed by atoms with Crippen molar-refractivity contribution in [2.45, 2.75) is 32.7 Å². The molecule has 0 aliphatic carbocycles. The normalized spacial score (nSPS) is 20.1. The average molecular weight is 277 g/mol. The van der Waals surface area contributed by atoms with E-state index in [0.29, 0.717) is 11.6 Å². The third-order valence-corrected chi connectivity index (χ3v) is 3.90. The van der Waals surface area contributed by atoms with Crippen molar-refractivity contribution in [3.63, 3.8) is 0 Å². The quantitative estimate of drug-likeness (QED) is 0.910. The Labute approximate surface area is 120 Å². The zero-order valence-corrected chi connectivity index (χ0v) is 12.5. The molecule has 0 radical (unpaired) electrons. The Kier molecular flexibility index (Phi) is 4.60. The van der Waals surface area contributed by atoms with Gasteiger partial charge in [-0.25, -0.2) is 9.78 Å². The number of hydrogen-bond donors (Lipinski definition) is 1. The van der Waals surface area contributed by atoms with Crippen LogP contribution < -0.4 is 4.90 Å². The number of carboxylic acid groups (broad SMARTS) is 1. The van der Waals surface area contributed by atoms with Crippen LogP contribution in [0.4, 0.5) is 5.82 Å². The van der Waals surface area contributed by atoms with E-state index in [0.717, 1.165) is 44.0 Å². The fourth-order valence-electron chi connectivity index (χ4n) is 2.50. The summed E-state index contributed by atoms with van der Waals surface area (Å²) in [5, 5.41) is 9.24. The van der Waals surface area contributed by atoms with Gasteiger partial charge in [-0.05, 0) is 32.5 Å². The van der Waals surface area contributed by atoms with Gasteiger partial charge < -0.3 is 14.9 Å². The van der Waals surface area contributed by atoms with E-state index in [1.54, 1.807) is 12.1 Å². The molecule has 1 saturated heterocycles. The predicted molar refractivity (Wildman–Crippen MR) is 79.5 cm³/mol. The summed E-state index contributed by atoms with van der Waals surface area (Å²) < 4.78 is 0. The average Bonchev–Trinajstić information content (AvgIpc) is 2.42. The molecule has 0 spiro atoms. The maximum atomic E-state index is 11.3. The van der Waals surface area contributed by atoms with Gasteiger partial charge in [0.1, 0.15) is 5.82 Å². The van der Waals surface area contributed by atoms with Crippen molar-refractivity contribution < 1.29 is 9.90 Å². The van der Waals surface area contributed by atoms with Crippen molar-refractivity contribution in [1.29, 1.82) is 0 Å². The second-order valence-electron chi connectivity index (χ2n) is 5.54. The maximum Gasteiger partial charge on any atom is 0.335 e. The first-order valence-electron chi connectivity index (χ1n) is 7.20. The van der Waals surface area contributed by atoms with Gasteiger partial charge in [0.05, 0.1) is 5.56 Å². The largest absolute Gasteiger partial charge is 0.478 e. The minimum Gasteiger partial charge on any atom is -0.478 e. The van der Waals surface area contributed by atoms with Crippen molar-refractivity contribution >= 4 is 11.8 Å². The van der Waals surface area contributed by atoms with Gasteiger partial charge in [0.2, 0.25) is 0 Å². The van der Waals surface area contributed by atoms with Crippen molar-refractivity contribution in [1.82, 2.24) is 9.88 Å². The van der Waals surface area contributed by atoms with Crippen molar-refractivity contribution in [2.24, 2.45) is 0 Å². The Balaban J connectivity index is 2.28. The number of aromatic nitrogens is 1. The van der Waals surface area contributed by atoms with Crippen LogP contribution in [0, 0.1) is 0 Å². The Morgan fingerprint density at radius 3 is 2.80 bits per heavy atom. The fraction of sp³-hybridized carbons (Fsp3) is 0.600. The third-order valence-electron chi connectivity index (χ3n) is 3.90. The van der Waals surface area contributed by atoms with Gasteiger partial charge in [0.25, 0.3) is 0 Å². The van der Waals surface area contributed by atoms with E-state index in [1.165, 1.54) is 0 Å². The van der Waals surface area contributed by atoms with Gasteiger partial charge in [-0.15, -0.1) is 0 Å². The molecule has 110 valence electrons. The molecule has 5 heteroatoms. The number of hydrogen-bond acceptors (Lipinski definition) is 4. The summed E-state index contributed by atoms with van der Waals surface area (Å²) in [5.74, 6) is -0.0820. The second-order valence-corrected chi connectivity index (χ2v) is 5.54.